The molecule has 1 fully saturated rings. The normalized spacial score (nSPS) is 20.0. The highest BCUT2D eigenvalue weighted by atomic mass is 16.5. The van der Waals surface area contributed by atoms with Crippen LogP contribution in [-0.4, -0.2) is 31.6 Å². The van der Waals surface area contributed by atoms with Crippen molar-refractivity contribution in [2.24, 2.45) is 11.8 Å². The van der Waals surface area contributed by atoms with E-state index in [0.717, 1.165) is 37.4 Å². The molecule has 2 aromatic carbocycles. The summed E-state index contributed by atoms with van der Waals surface area (Å²) < 4.78 is 11.4. The third-order valence-corrected chi connectivity index (χ3v) is 6.68. The van der Waals surface area contributed by atoms with Crippen LogP contribution in [0.25, 0.3) is 0 Å². The molecule has 4 rings (SSSR count). The van der Waals surface area contributed by atoms with E-state index in [1.807, 2.05) is 48.5 Å². The second kappa shape index (κ2) is 11.2. The molecule has 0 radical (unpaired) electrons. The summed E-state index contributed by atoms with van der Waals surface area (Å²) in [6.45, 7) is 3.03. The molecule has 2 aliphatic rings. The number of rotatable bonds is 9. The molecule has 6 heteroatoms. The van der Waals surface area contributed by atoms with E-state index in [-0.39, 0.29) is 24.3 Å². The fraction of sp³-hybridized carbons (Fsp3) is 0.481. The predicted octanol–water partition coefficient (Wildman–Crippen LogP) is 5.43. The zero-order valence-corrected chi connectivity index (χ0v) is 19.4. The van der Waals surface area contributed by atoms with Crippen molar-refractivity contribution in [1.29, 1.82) is 0 Å². The van der Waals surface area contributed by atoms with Crippen molar-refractivity contribution in [3.63, 3.8) is 0 Å². The molecular formula is C27H34N2O4. The maximum Gasteiger partial charge on any atom is 0.265 e. The minimum Gasteiger partial charge on any atom is -0.492 e. The van der Waals surface area contributed by atoms with Crippen LogP contribution in [0.4, 0.5) is 11.4 Å². The fourth-order valence-corrected chi connectivity index (χ4v) is 4.75. The Morgan fingerprint density at radius 3 is 2.67 bits per heavy atom. The second-order valence-electron chi connectivity index (χ2n) is 9.03. The molecule has 0 bridgehead atoms. The Hall–Kier alpha value is -3.02. The van der Waals surface area contributed by atoms with Gasteiger partial charge in [0.15, 0.2) is 6.61 Å². The van der Waals surface area contributed by atoms with Gasteiger partial charge >= 0.3 is 0 Å². The number of ether oxygens (including phenoxy) is 2. The molecular weight excluding hydrogens is 416 g/mol. The number of para-hydroxylation sites is 1. The van der Waals surface area contributed by atoms with Gasteiger partial charge < -0.3 is 19.7 Å². The van der Waals surface area contributed by atoms with Crippen LogP contribution in [0.3, 0.4) is 0 Å². The number of carbonyl (C=O) groups excluding carboxylic acids is 2. The van der Waals surface area contributed by atoms with Crippen molar-refractivity contribution in [3.05, 3.63) is 48.5 Å². The average Bonchev–Trinajstić information content (AvgIpc) is 2.85. The molecule has 33 heavy (non-hydrogen) atoms. The van der Waals surface area contributed by atoms with Crippen LogP contribution >= 0.6 is 0 Å². The summed E-state index contributed by atoms with van der Waals surface area (Å²) in [4.78, 5) is 26.9. The van der Waals surface area contributed by atoms with Crippen molar-refractivity contribution in [3.8, 4) is 11.5 Å². The molecule has 0 saturated heterocycles. The zero-order valence-electron chi connectivity index (χ0n) is 19.4. The molecule has 1 heterocycles. The molecule has 0 aromatic heterocycles. The number of benzene rings is 2. The topological polar surface area (TPSA) is 67.9 Å². The lowest BCUT2D eigenvalue weighted by molar-refractivity contribution is -0.122. The highest BCUT2D eigenvalue weighted by Crippen LogP contribution is 2.36. The Labute approximate surface area is 196 Å². The Kier molecular flexibility index (Phi) is 7.87. The van der Waals surface area contributed by atoms with Gasteiger partial charge in [-0.3, -0.25) is 9.59 Å². The van der Waals surface area contributed by atoms with Crippen LogP contribution in [0.2, 0.25) is 0 Å². The number of hydrogen-bond donors (Lipinski definition) is 1. The number of nitrogens with zero attached hydrogens (tertiary/aromatic N) is 1. The Morgan fingerprint density at radius 2 is 1.91 bits per heavy atom. The van der Waals surface area contributed by atoms with Crippen molar-refractivity contribution >= 4 is 23.2 Å². The lowest BCUT2D eigenvalue weighted by atomic mass is 9.79. The first kappa shape index (κ1) is 23.1. The van der Waals surface area contributed by atoms with Crippen LogP contribution in [0.15, 0.2) is 48.5 Å². The number of anilines is 2. The van der Waals surface area contributed by atoms with E-state index in [2.05, 4.69) is 12.2 Å². The van der Waals surface area contributed by atoms with Gasteiger partial charge in [-0.2, -0.15) is 0 Å². The van der Waals surface area contributed by atoms with E-state index >= 15 is 0 Å². The molecule has 2 aromatic rings. The van der Waals surface area contributed by atoms with Gasteiger partial charge in [0.2, 0.25) is 5.91 Å². The highest BCUT2D eigenvalue weighted by Gasteiger charge is 2.28. The van der Waals surface area contributed by atoms with Gasteiger partial charge in [0.1, 0.15) is 18.1 Å². The summed E-state index contributed by atoms with van der Waals surface area (Å²) in [5, 5.41) is 3.06. The number of fused-ring (bicyclic) bond motifs is 1. The van der Waals surface area contributed by atoms with Gasteiger partial charge in [0.25, 0.3) is 5.91 Å². The molecule has 0 unspecified atom stereocenters. The van der Waals surface area contributed by atoms with E-state index in [9.17, 15) is 9.59 Å². The van der Waals surface area contributed by atoms with Crippen molar-refractivity contribution in [1.82, 2.24) is 0 Å². The Balaban J connectivity index is 1.32. The van der Waals surface area contributed by atoms with Crippen LogP contribution in [-0.2, 0) is 9.59 Å². The highest BCUT2D eigenvalue weighted by molar-refractivity contribution is 5.99. The van der Waals surface area contributed by atoms with Crippen LogP contribution in [0.5, 0.6) is 11.5 Å². The maximum atomic E-state index is 12.8. The minimum absolute atomic E-state index is 0.0164. The predicted molar refractivity (Wildman–Crippen MR) is 130 cm³/mol. The molecule has 1 N–H and O–H groups in total. The van der Waals surface area contributed by atoms with Crippen molar-refractivity contribution in [2.45, 2.75) is 51.9 Å². The molecule has 176 valence electrons. The fourth-order valence-electron chi connectivity index (χ4n) is 4.75. The summed E-state index contributed by atoms with van der Waals surface area (Å²) >= 11 is 0. The number of nitrogens with one attached hydrogen (secondary N) is 1. The van der Waals surface area contributed by atoms with E-state index < -0.39 is 0 Å². The average molecular weight is 451 g/mol. The molecule has 1 saturated carbocycles. The van der Waals surface area contributed by atoms with Crippen molar-refractivity contribution in [2.75, 3.05) is 30.0 Å². The zero-order chi connectivity index (χ0) is 23.0. The first-order valence-electron chi connectivity index (χ1n) is 12.2. The Bertz CT molecular complexity index is 938. The first-order chi connectivity index (χ1) is 16.1. The number of amides is 2. The Morgan fingerprint density at radius 1 is 1.12 bits per heavy atom. The quantitative estimate of drug-likeness (QED) is 0.553. The maximum absolute atomic E-state index is 12.8. The summed E-state index contributed by atoms with van der Waals surface area (Å²) in [5.41, 5.74) is 1.42. The van der Waals surface area contributed by atoms with Gasteiger partial charge in [-0.15, -0.1) is 0 Å². The summed E-state index contributed by atoms with van der Waals surface area (Å²) in [6.07, 6.45) is 8.04. The number of carbonyl (C=O) groups is 2. The molecule has 6 nitrogen and oxygen atoms in total. The van der Waals surface area contributed by atoms with Crippen molar-refractivity contribution < 1.29 is 19.1 Å². The van der Waals surface area contributed by atoms with E-state index in [4.69, 9.17) is 9.47 Å². The first-order valence-corrected chi connectivity index (χ1v) is 12.2. The third-order valence-electron chi connectivity index (χ3n) is 6.68. The van der Waals surface area contributed by atoms with E-state index in [1.165, 1.54) is 19.3 Å². The molecule has 1 aliphatic carbocycles. The molecule has 0 spiro atoms. The third kappa shape index (κ3) is 6.06. The second-order valence-corrected chi connectivity index (χ2v) is 9.03. The molecule has 2 amide bonds. The number of hydrogen-bond acceptors (Lipinski definition) is 4. The summed E-state index contributed by atoms with van der Waals surface area (Å²) in [5.74, 6) is 2.22. The SMILES string of the molecule is CCCCC1CCC(C(=O)Nc2ccc3c(c2)OCC(=O)N3CCOc2ccccc2)CC1. The smallest absolute Gasteiger partial charge is 0.265 e. The minimum atomic E-state index is -0.101. The number of unbranched alkanes of at least 4 members (excludes halogenated alkanes) is 1. The van der Waals surface area contributed by atoms with Gasteiger partial charge in [-0.1, -0.05) is 44.4 Å². The summed E-state index contributed by atoms with van der Waals surface area (Å²) in [6, 6.07) is 15.0. The van der Waals surface area contributed by atoms with E-state index in [0.29, 0.717) is 30.3 Å². The van der Waals surface area contributed by atoms with Crippen LogP contribution in [0, 0.1) is 11.8 Å². The standard InChI is InChI=1S/C27H34N2O4/c1-2-3-7-20-10-12-21(13-11-20)27(31)28-22-14-15-24-25(18-22)33-19-26(30)29(24)16-17-32-23-8-5-4-6-9-23/h4-6,8-9,14-15,18,20-21H,2-3,7,10-13,16-17,19H2,1H3,(H,28,31). The van der Waals surface area contributed by atoms with Gasteiger partial charge in [0, 0.05) is 17.7 Å². The monoisotopic (exact) mass is 450 g/mol. The van der Waals surface area contributed by atoms with Crippen LogP contribution < -0.4 is 19.7 Å². The molecule has 0 atom stereocenters. The lowest BCUT2D eigenvalue weighted by Crippen LogP contribution is -2.41. The van der Waals surface area contributed by atoms with Gasteiger partial charge in [-0.25, -0.2) is 0 Å². The largest absolute Gasteiger partial charge is 0.492 e. The van der Waals surface area contributed by atoms with Gasteiger partial charge in [-0.05, 0) is 55.9 Å². The molecule has 1 aliphatic heterocycles. The lowest BCUT2D eigenvalue weighted by Gasteiger charge is -2.30. The van der Waals surface area contributed by atoms with Gasteiger partial charge in [0.05, 0.1) is 12.2 Å². The van der Waals surface area contributed by atoms with E-state index in [1.54, 1.807) is 4.90 Å². The van der Waals surface area contributed by atoms with Crippen LogP contribution in [0.1, 0.15) is 51.9 Å². The summed E-state index contributed by atoms with van der Waals surface area (Å²) in [7, 11) is 0.